The van der Waals surface area contributed by atoms with Crippen molar-refractivity contribution in [3.05, 3.63) is 34.4 Å². The lowest BCUT2D eigenvalue weighted by Gasteiger charge is -2.16. The van der Waals surface area contributed by atoms with Crippen molar-refractivity contribution in [3.63, 3.8) is 0 Å². The maximum atomic E-state index is 12.2. The molecule has 0 unspecified atom stereocenters. The number of hydrogen-bond donors (Lipinski definition) is 1. The van der Waals surface area contributed by atoms with E-state index in [2.05, 4.69) is 5.32 Å². The van der Waals surface area contributed by atoms with E-state index in [1.165, 1.54) is 24.3 Å². The van der Waals surface area contributed by atoms with E-state index in [1.807, 2.05) is 0 Å². The molecule has 1 aromatic rings. The van der Waals surface area contributed by atoms with E-state index in [0.29, 0.717) is 5.69 Å². The molecule has 0 aliphatic carbocycles. The number of nitro groups is 1. The molecular formula is C12H17N2O6P. The third-order valence-electron chi connectivity index (χ3n) is 2.35. The molecule has 0 aliphatic heterocycles. The van der Waals surface area contributed by atoms with Crippen LogP contribution in [0, 0.1) is 10.1 Å². The number of nitro benzene ring substituents is 1. The number of rotatable bonds is 8. The summed E-state index contributed by atoms with van der Waals surface area (Å²) in [5, 5.41) is 13.0. The summed E-state index contributed by atoms with van der Waals surface area (Å²) in [5.74, 6) is -0.547. The van der Waals surface area contributed by atoms with Crippen LogP contribution in [0.2, 0.25) is 0 Å². The van der Waals surface area contributed by atoms with Gasteiger partial charge in [0.05, 0.1) is 18.1 Å². The van der Waals surface area contributed by atoms with Crippen molar-refractivity contribution in [3.8, 4) is 0 Å². The average Bonchev–Trinajstić information content (AvgIpc) is 2.39. The minimum atomic E-state index is -3.46. The summed E-state index contributed by atoms with van der Waals surface area (Å²) in [6.45, 7) is 3.64. The standard InChI is InChI=1S/C12H17N2O6P/c1-3-19-21(18,20-4-2)9-12(15)13-10-5-7-11(8-6-10)14(16)17/h5-8H,3-4,9H2,1-2H3,(H,13,15). The number of carbonyl (C=O) groups excluding carboxylic acids is 1. The Morgan fingerprint density at radius 3 is 2.19 bits per heavy atom. The van der Waals surface area contributed by atoms with Crippen molar-refractivity contribution >= 4 is 24.9 Å². The lowest BCUT2D eigenvalue weighted by atomic mass is 10.3. The van der Waals surface area contributed by atoms with Gasteiger partial charge in [0.1, 0.15) is 6.16 Å². The highest BCUT2D eigenvalue weighted by Crippen LogP contribution is 2.47. The summed E-state index contributed by atoms with van der Waals surface area (Å²) >= 11 is 0. The fraction of sp³-hybridized carbons (Fsp3) is 0.417. The molecule has 1 amide bonds. The van der Waals surface area contributed by atoms with Crippen molar-refractivity contribution in [2.24, 2.45) is 0 Å². The van der Waals surface area contributed by atoms with Crippen LogP contribution in [0.15, 0.2) is 24.3 Å². The highest BCUT2D eigenvalue weighted by atomic mass is 31.2. The molecule has 0 aliphatic rings. The zero-order valence-electron chi connectivity index (χ0n) is 11.8. The second kappa shape index (κ2) is 7.87. The number of carbonyl (C=O) groups is 1. The lowest BCUT2D eigenvalue weighted by Crippen LogP contribution is -2.18. The first-order valence-corrected chi connectivity index (χ1v) is 8.05. The molecule has 1 N–H and O–H groups in total. The Morgan fingerprint density at radius 1 is 1.24 bits per heavy atom. The Bertz CT molecular complexity index is 535. The molecule has 0 bridgehead atoms. The molecule has 0 saturated carbocycles. The smallest absolute Gasteiger partial charge is 0.326 e. The van der Waals surface area contributed by atoms with Gasteiger partial charge >= 0.3 is 7.60 Å². The average molecular weight is 316 g/mol. The van der Waals surface area contributed by atoms with Gasteiger partial charge in [0.15, 0.2) is 0 Å². The van der Waals surface area contributed by atoms with Crippen LogP contribution in [0.25, 0.3) is 0 Å². The molecule has 9 heteroatoms. The summed E-state index contributed by atoms with van der Waals surface area (Å²) < 4.78 is 22.2. The van der Waals surface area contributed by atoms with E-state index < -0.39 is 24.6 Å². The zero-order valence-corrected chi connectivity index (χ0v) is 12.7. The van der Waals surface area contributed by atoms with E-state index in [-0.39, 0.29) is 18.9 Å². The number of nitrogens with zero attached hydrogens (tertiary/aromatic N) is 1. The molecule has 1 rings (SSSR count). The summed E-state index contributed by atoms with van der Waals surface area (Å²) in [6.07, 6.45) is -0.411. The number of amides is 1. The molecule has 0 heterocycles. The van der Waals surface area contributed by atoms with Crippen LogP contribution in [-0.2, 0) is 18.4 Å². The number of benzene rings is 1. The molecule has 0 radical (unpaired) electrons. The first-order valence-electron chi connectivity index (χ1n) is 6.32. The van der Waals surface area contributed by atoms with Crippen LogP contribution in [-0.4, -0.2) is 30.2 Å². The molecule has 0 atom stereocenters. The van der Waals surface area contributed by atoms with E-state index in [4.69, 9.17) is 9.05 Å². The number of nitrogens with one attached hydrogen (secondary N) is 1. The van der Waals surface area contributed by atoms with Crippen LogP contribution in [0.5, 0.6) is 0 Å². The third-order valence-corrected chi connectivity index (χ3v) is 4.33. The van der Waals surface area contributed by atoms with E-state index in [1.54, 1.807) is 13.8 Å². The van der Waals surface area contributed by atoms with Gasteiger partial charge in [-0.2, -0.15) is 0 Å². The zero-order chi connectivity index (χ0) is 15.9. The van der Waals surface area contributed by atoms with Gasteiger partial charge in [0, 0.05) is 17.8 Å². The fourth-order valence-electron chi connectivity index (χ4n) is 1.56. The molecule has 0 saturated heterocycles. The number of anilines is 1. The monoisotopic (exact) mass is 316 g/mol. The van der Waals surface area contributed by atoms with Gasteiger partial charge in [-0.05, 0) is 26.0 Å². The molecule has 116 valence electrons. The minimum Gasteiger partial charge on any atom is -0.326 e. The van der Waals surface area contributed by atoms with Crippen LogP contribution in [0.1, 0.15) is 13.8 Å². The molecule has 21 heavy (non-hydrogen) atoms. The molecule has 0 aromatic heterocycles. The Morgan fingerprint density at radius 2 is 1.76 bits per heavy atom. The lowest BCUT2D eigenvalue weighted by molar-refractivity contribution is -0.384. The maximum absolute atomic E-state index is 12.2. The van der Waals surface area contributed by atoms with Gasteiger partial charge in [-0.25, -0.2) is 0 Å². The fourth-order valence-corrected chi connectivity index (χ4v) is 3.04. The molecule has 0 fully saturated rings. The first kappa shape index (κ1) is 17.3. The topological polar surface area (TPSA) is 108 Å². The van der Waals surface area contributed by atoms with E-state index in [0.717, 1.165) is 0 Å². The highest BCUT2D eigenvalue weighted by molar-refractivity contribution is 7.54. The number of non-ortho nitro benzene ring substituents is 1. The summed E-state index contributed by atoms with van der Waals surface area (Å²) in [5.41, 5.74) is 0.285. The second-order valence-electron chi connectivity index (χ2n) is 3.96. The Kier molecular flexibility index (Phi) is 6.48. The van der Waals surface area contributed by atoms with Crippen molar-refractivity contribution in [1.82, 2.24) is 0 Å². The molecule has 0 spiro atoms. The minimum absolute atomic E-state index is 0.0812. The first-order chi connectivity index (χ1) is 9.90. The quantitative estimate of drug-likeness (QED) is 0.449. The predicted molar refractivity (Wildman–Crippen MR) is 77.5 cm³/mol. The van der Waals surface area contributed by atoms with Gasteiger partial charge in [-0.3, -0.25) is 19.5 Å². The van der Waals surface area contributed by atoms with Crippen molar-refractivity contribution < 1.29 is 23.3 Å². The third kappa shape index (κ3) is 5.63. The Labute approximate surface area is 122 Å². The SMILES string of the molecule is CCOP(=O)(CC(=O)Nc1ccc([N+](=O)[O-])cc1)OCC. The second-order valence-corrected chi connectivity index (χ2v) is 6.01. The van der Waals surface area contributed by atoms with Crippen LogP contribution in [0.4, 0.5) is 11.4 Å². The summed E-state index contributed by atoms with van der Waals surface area (Å²) in [4.78, 5) is 21.8. The summed E-state index contributed by atoms with van der Waals surface area (Å²) in [7, 11) is -3.46. The van der Waals surface area contributed by atoms with Gasteiger partial charge in [0.2, 0.25) is 5.91 Å². The largest absolute Gasteiger partial charge is 0.340 e. The normalized spacial score (nSPS) is 11.1. The van der Waals surface area contributed by atoms with Crippen LogP contribution in [0.3, 0.4) is 0 Å². The van der Waals surface area contributed by atoms with Crippen molar-refractivity contribution in [2.45, 2.75) is 13.8 Å². The highest BCUT2D eigenvalue weighted by Gasteiger charge is 2.27. The van der Waals surface area contributed by atoms with Gasteiger partial charge in [-0.1, -0.05) is 0 Å². The molecule has 1 aromatic carbocycles. The van der Waals surface area contributed by atoms with Crippen molar-refractivity contribution in [2.75, 3.05) is 24.7 Å². The maximum Gasteiger partial charge on any atom is 0.340 e. The summed E-state index contributed by atoms with van der Waals surface area (Å²) in [6, 6.07) is 5.31. The van der Waals surface area contributed by atoms with Crippen LogP contribution < -0.4 is 5.32 Å². The van der Waals surface area contributed by atoms with Crippen LogP contribution >= 0.6 is 7.60 Å². The molecular weight excluding hydrogens is 299 g/mol. The van der Waals surface area contributed by atoms with E-state index in [9.17, 15) is 19.5 Å². The molecule has 8 nitrogen and oxygen atoms in total. The van der Waals surface area contributed by atoms with Gasteiger partial charge < -0.3 is 14.4 Å². The van der Waals surface area contributed by atoms with Crippen molar-refractivity contribution in [1.29, 1.82) is 0 Å². The Balaban J connectivity index is 2.67. The predicted octanol–water partition coefficient (Wildman–Crippen LogP) is 2.80. The Hall–Kier alpha value is -1.76. The number of hydrogen-bond acceptors (Lipinski definition) is 6. The van der Waals surface area contributed by atoms with Gasteiger partial charge in [0.25, 0.3) is 5.69 Å². The van der Waals surface area contributed by atoms with E-state index >= 15 is 0 Å². The van der Waals surface area contributed by atoms with Gasteiger partial charge in [-0.15, -0.1) is 0 Å².